The third-order valence-electron chi connectivity index (χ3n) is 3.29. The zero-order valence-electron chi connectivity index (χ0n) is 10.5. The second kappa shape index (κ2) is 6.50. The van der Waals surface area contributed by atoms with Crippen molar-refractivity contribution in [1.82, 2.24) is 4.90 Å². The van der Waals surface area contributed by atoms with Gasteiger partial charge in [-0.05, 0) is 37.8 Å². The van der Waals surface area contributed by atoms with Gasteiger partial charge in [0, 0.05) is 24.5 Å². The summed E-state index contributed by atoms with van der Waals surface area (Å²) in [7, 11) is 2.17. The fourth-order valence-electron chi connectivity index (χ4n) is 2.28. The number of hydrogen-bond donors (Lipinski definition) is 1. The van der Waals surface area contributed by atoms with Crippen molar-refractivity contribution in [2.45, 2.75) is 31.5 Å². The molecule has 2 atom stereocenters. The standard InChI is InChI=1S/C13H22N2OS/c1-15(7-6-13-3-2-8-17-13)10-12-5-4-11(9-14)16-12/h2-3,8,11-12H,4-7,9-10,14H2,1H3. The van der Waals surface area contributed by atoms with Gasteiger partial charge in [-0.1, -0.05) is 6.07 Å². The number of ether oxygens (including phenoxy) is 1. The first-order valence-corrected chi connectivity index (χ1v) is 7.22. The van der Waals surface area contributed by atoms with Gasteiger partial charge in [0.15, 0.2) is 0 Å². The maximum Gasteiger partial charge on any atom is 0.0707 e. The number of nitrogens with two attached hydrogens (primary N) is 1. The second-order valence-electron chi connectivity index (χ2n) is 4.78. The van der Waals surface area contributed by atoms with E-state index in [1.54, 1.807) is 0 Å². The van der Waals surface area contributed by atoms with Crippen molar-refractivity contribution in [2.75, 3.05) is 26.7 Å². The quantitative estimate of drug-likeness (QED) is 0.840. The van der Waals surface area contributed by atoms with Crippen LogP contribution in [0.25, 0.3) is 0 Å². The molecular formula is C13H22N2OS. The first-order chi connectivity index (χ1) is 8.28. The van der Waals surface area contributed by atoms with Crippen molar-refractivity contribution in [1.29, 1.82) is 0 Å². The van der Waals surface area contributed by atoms with E-state index < -0.39 is 0 Å². The lowest BCUT2D eigenvalue weighted by atomic mass is 10.2. The van der Waals surface area contributed by atoms with Crippen LogP contribution in [-0.4, -0.2) is 43.8 Å². The molecule has 1 aromatic rings. The average molecular weight is 254 g/mol. The van der Waals surface area contributed by atoms with Crippen LogP contribution in [0, 0.1) is 0 Å². The third-order valence-corrected chi connectivity index (χ3v) is 4.23. The van der Waals surface area contributed by atoms with Crippen LogP contribution in [0.2, 0.25) is 0 Å². The van der Waals surface area contributed by atoms with Crippen molar-refractivity contribution >= 4 is 11.3 Å². The van der Waals surface area contributed by atoms with Crippen LogP contribution in [-0.2, 0) is 11.2 Å². The largest absolute Gasteiger partial charge is 0.372 e. The molecule has 1 fully saturated rings. The van der Waals surface area contributed by atoms with Gasteiger partial charge in [0.2, 0.25) is 0 Å². The molecule has 0 bridgehead atoms. The summed E-state index contributed by atoms with van der Waals surface area (Å²) in [5.41, 5.74) is 5.61. The molecule has 3 nitrogen and oxygen atoms in total. The van der Waals surface area contributed by atoms with Gasteiger partial charge in [-0.25, -0.2) is 0 Å². The van der Waals surface area contributed by atoms with Gasteiger partial charge in [-0.3, -0.25) is 0 Å². The van der Waals surface area contributed by atoms with Crippen LogP contribution in [0.1, 0.15) is 17.7 Å². The van der Waals surface area contributed by atoms with Crippen molar-refractivity contribution in [3.8, 4) is 0 Å². The molecule has 1 aromatic heterocycles. The molecule has 0 saturated carbocycles. The van der Waals surface area contributed by atoms with E-state index in [4.69, 9.17) is 10.5 Å². The Morgan fingerprint density at radius 2 is 2.29 bits per heavy atom. The van der Waals surface area contributed by atoms with E-state index in [1.807, 2.05) is 11.3 Å². The summed E-state index contributed by atoms with van der Waals surface area (Å²) >= 11 is 1.84. The Morgan fingerprint density at radius 1 is 1.47 bits per heavy atom. The van der Waals surface area contributed by atoms with E-state index in [1.165, 1.54) is 4.88 Å². The fraction of sp³-hybridized carbons (Fsp3) is 0.692. The molecule has 2 heterocycles. The van der Waals surface area contributed by atoms with E-state index in [0.29, 0.717) is 18.8 Å². The molecule has 17 heavy (non-hydrogen) atoms. The van der Waals surface area contributed by atoms with Gasteiger partial charge < -0.3 is 15.4 Å². The Balaban J connectivity index is 1.65. The lowest BCUT2D eigenvalue weighted by molar-refractivity contribution is 0.0321. The highest BCUT2D eigenvalue weighted by molar-refractivity contribution is 7.09. The predicted octanol–water partition coefficient (Wildman–Crippen LogP) is 1.73. The maximum absolute atomic E-state index is 5.85. The molecule has 2 rings (SSSR count). The molecule has 0 radical (unpaired) electrons. The van der Waals surface area contributed by atoms with Crippen molar-refractivity contribution < 1.29 is 4.74 Å². The molecule has 1 aliphatic rings. The number of nitrogens with zero attached hydrogens (tertiary/aromatic N) is 1. The van der Waals surface area contributed by atoms with Crippen LogP contribution in [0.4, 0.5) is 0 Å². The van der Waals surface area contributed by atoms with Crippen LogP contribution >= 0.6 is 11.3 Å². The van der Waals surface area contributed by atoms with Gasteiger partial charge >= 0.3 is 0 Å². The maximum atomic E-state index is 5.85. The van der Waals surface area contributed by atoms with E-state index in [-0.39, 0.29) is 0 Å². The van der Waals surface area contributed by atoms with Crippen molar-refractivity contribution in [2.24, 2.45) is 5.73 Å². The number of hydrogen-bond acceptors (Lipinski definition) is 4. The Labute approximate surface area is 108 Å². The van der Waals surface area contributed by atoms with E-state index in [0.717, 1.165) is 32.4 Å². The van der Waals surface area contributed by atoms with Crippen molar-refractivity contribution in [3.05, 3.63) is 22.4 Å². The molecule has 0 spiro atoms. The topological polar surface area (TPSA) is 38.5 Å². The number of likely N-dealkylation sites (N-methyl/N-ethyl adjacent to an activating group) is 1. The first kappa shape index (κ1) is 13.0. The normalized spacial score (nSPS) is 24.6. The molecular weight excluding hydrogens is 232 g/mol. The zero-order chi connectivity index (χ0) is 12.1. The van der Waals surface area contributed by atoms with E-state index in [2.05, 4.69) is 29.5 Å². The second-order valence-corrected chi connectivity index (χ2v) is 5.82. The van der Waals surface area contributed by atoms with Gasteiger partial charge in [0.05, 0.1) is 12.2 Å². The molecule has 0 aliphatic carbocycles. The van der Waals surface area contributed by atoms with Crippen LogP contribution < -0.4 is 5.73 Å². The molecule has 0 aromatic carbocycles. The summed E-state index contributed by atoms with van der Waals surface area (Å²) in [5.74, 6) is 0. The molecule has 2 N–H and O–H groups in total. The predicted molar refractivity (Wildman–Crippen MR) is 72.5 cm³/mol. The monoisotopic (exact) mass is 254 g/mol. The average Bonchev–Trinajstić information content (AvgIpc) is 2.97. The Bertz CT molecular complexity index is 315. The van der Waals surface area contributed by atoms with Crippen LogP contribution in [0.3, 0.4) is 0 Å². The lowest BCUT2D eigenvalue weighted by Gasteiger charge is -2.20. The smallest absolute Gasteiger partial charge is 0.0707 e. The molecule has 1 aliphatic heterocycles. The Kier molecular flexibility index (Phi) is 4.98. The summed E-state index contributed by atoms with van der Waals surface area (Å²) in [6.07, 6.45) is 4.11. The van der Waals surface area contributed by atoms with Gasteiger partial charge in [0.1, 0.15) is 0 Å². The summed E-state index contributed by atoms with van der Waals surface area (Å²) in [6.45, 7) is 2.80. The summed E-state index contributed by atoms with van der Waals surface area (Å²) in [6, 6.07) is 4.32. The zero-order valence-corrected chi connectivity index (χ0v) is 11.3. The lowest BCUT2D eigenvalue weighted by Crippen LogP contribution is -2.31. The molecule has 4 heteroatoms. The van der Waals surface area contributed by atoms with Gasteiger partial charge in [-0.2, -0.15) is 0 Å². The minimum Gasteiger partial charge on any atom is -0.372 e. The fourth-order valence-corrected chi connectivity index (χ4v) is 2.98. The summed E-state index contributed by atoms with van der Waals surface area (Å²) in [5, 5.41) is 2.14. The molecule has 1 saturated heterocycles. The Morgan fingerprint density at radius 3 is 2.94 bits per heavy atom. The van der Waals surface area contributed by atoms with Gasteiger partial charge in [-0.15, -0.1) is 11.3 Å². The van der Waals surface area contributed by atoms with Crippen LogP contribution in [0.15, 0.2) is 17.5 Å². The SMILES string of the molecule is CN(CCc1cccs1)CC1CCC(CN)O1. The highest BCUT2D eigenvalue weighted by Crippen LogP contribution is 2.19. The summed E-state index contributed by atoms with van der Waals surface area (Å²) < 4.78 is 5.85. The first-order valence-electron chi connectivity index (χ1n) is 6.34. The van der Waals surface area contributed by atoms with Crippen LogP contribution in [0.5, 0.6) is 0 Å². The Hall–Kier alpha value is -0.420. The number of thiophene rings is 1. The third kappa shape index (κ3) is 4.07. The van der Waals surface area contributed by atoms with E-state index in [9.17, 15) is 0 Å². The molecule has 0 amide bonds. The minimum atomic E-state index is 0.297. The summed E-state index contributed by atoms with van der Waals surface area (Å²) in [4.78, 5) is 3.83. The molecule has 2 unspecified atom stereocenters. The minimum absolute atomic E-state index is 0.297. The van der Waals surface area contributed by atoms with Crippen molar-refractivity contribution in [3.63, 3.8) is 0 Å². The van der Waals surface area contributed by atoms with E-state index >= 15 is 0 Å². The highest BCUT2D eigenvalue weighted by atomic mass is 32.1. The highest BCUT2D eigenvalue weighted by Gasteiger charge is 2.24. The molecule has 96 valence electrons. The van der Waals surface area contributed by atoms with Gasteiger partial charge in [0.25, 0.3) is 0 Å². The number of rotatable bonds is 6.